The summed E-state index contributed by atoms with van der Waals surface area (Å²) in [6, 6.07) is 23.8. The second kappa shape index (κ2) is 13.7. The Hall–Kier alpha value is -3.53. The molecule has 0 aliphatic rings. The molecule has 0 spiro atoms. The zero-order valence-corrected chi connectivity index (χ0v) is 22.1. The van der Waals surface area contributed by atoms with Crippen LogP contribution in [-0.2, 0) is 0 Å². The highest BCUT2D eigenvalue weighted by Gasteiger charge is 2.10. The Morgan fingerprint density at radius 2 is 1.16 bits per heavy atom. The van der Waals surface area contributed by atoms with Crippen molar-refractivity contribution < 1.29 is 13.9 Å². The van der Waals surface area contributed by atoms with Crippen molar-refractivity contribution in [2.75, 3.05) is 13.2 Å². The van der Waals surface area contributed by atoms with Crippen LogP contribution in [-0.4, -0.2) is 13.2 Å². The van der Waals surface area contributed by atoms with Crippen LogP contribution in [0.4, 0.5) is 0 Å². The third-order valence-corrected chi connectivity index (χ3v) is 6.62. The van der Waals surface area contributed by atoms with Crippen LogP contribution in [0.15, 0.2) is 82.0 Å². The number of benzene rings is 3. The predicted octanol–water partition coefficient (Wildman–Crippen LogP) is 9.05. The van der Waals surface area contributed by atoms with E-state index in [4.69, 9.17) is 13.9 Å². The predicted molar refractivity (Wildman–Crippen MR) is 153 cm³/mol. The third-order valence-electron chi connectivity index (χ3n) is 6.62. The molecule has 0 aliphatic heterocycles. The van der Waals surface area contributed by atoms with E-state index in [0.29, 0.717) is 17.8 Å². The molecule has 4 rings (SSSR count). The maximum absolute atomic E-state index is 12.8. The number of ether oxygens (including phenoxy) is 2. The Balaban J connectivity index is 1.38. The molecule has 4 nitrogen and oxygen atoms in total. The van der Waals surface area contributed by atoms with Gasteiger partial charge in [0.05, 0.1) is 18.8 Å². The number of unbranched alkanes of at least 4 members (excludes halogenated alkanes) is 6. The Kier molecular flexibility index (Phi) is 9.81. The fourth-order valence-corrected chi connectivity index (χ4v) is 4.38. The fourth-order valence-electron chi connectivity index (χ4n) is 4.38. The fraction of sp³-hybridized carbons (Fsp3) is 0.364. The van der Waals surface area contributed by atoms with Gasteiger partial charge in [0.15, 0.2) is 0 Å². The van der Waals surface area contributed by atoms with E-state index in [1.165, 1.54) is 32.1 Å². The first kappa shape index (κ1) is 26.5. The molecule has 1 aromatic heterocycles. The summed E-state index contributed by atoms with van der Waals surface area (Å²) in [6.07, 6.45) is 9.62. The van der Waals surface area contributed by atoms with Gasteiger partial charge in [0.25, 0.3) is 0 Å². The summed E-state index contributed by atoms with van der Waals surface area (Å²) in [6.45, 7) is 5.79. The van der Waals surface area contributed by atoms with Gasteiger partial charge < -0.3 is 13.9 Å². The van der Waals surface area contributed by atoms with Crippen molar-refractivity contribution in [2.45, 2.75) is 65.2 Å². The first-order valence-electron chi connectivity index (χ1n) is 13.7. The van der Waals surface area contributed by atoms with Crippen LogP contribution in [0.3, 0.4) is 0 Å². The average molecular weight is 499 g/mol. The smallest absolute Gasteiger partial charge is 0.344 e. The molecule has 0 bridgehead atoms. The molecule has 0 unspecified atom stereocenters. The van der Waals surface area contributed by atoms with Crippen LogP contribution in [0.2, 0.25) is 0 Å². The van der Waals surface area contributed by atoms with Crippen molar-refractivity contribution in [3.63, 3.8) is 0 Å². The Labute approximate surface area is 220 Å². The second-order valence-corrected chi connectivity index (χ2v) is 9.57. The first-order chi connectivity index (χ1) is 18.2. The summed E-state index contributed by atoms with van der Waals surface area (Å²) in [4.78, 5) is 12.8. The lowest BCUT2D eigenvalue weighted by molar-refractivity contribution is 0.304. The van der Waals surface area contributed by atoms with Crippen LogP contribution in [0.5, 0.6) is 11.5 Å². The van der Waals surface area contributed by atoms with Gasteiger partial charge in [0.2, 0.25) is 0 Å². The molecule has 0 aliphatic carbocycles. The van der Waals surface area contributed by atoms with Crippen molar-refractivity contribution in [1.29, 1.82) is 0 Å². The number of rotatable bonds is 14. The quantitative estimate of drug-likeness (QED) is 0.128. The van der Waals surface area contributed by atoms with E-state index < -0.39 is 0 Å². The summed E-state index contributed by atoms with van der Waals surface area (Å²) in [5, 5.41) is 0.873. The number of hydrogen-bond acceptors (Lipinski definition) is 4. The van der Waals surface area contributed by atoms with Crippen LogP contribution in [0.1, 0.15) is 65.2 Å². The van der Waals surface area contributed by atoms with E-state index in [1.54, 1.807) is 6.07 Å². The van der Waals surface area contributed by atoms with E-state index in [9.17, 15) is 4.79 Å². The SMILES string of the molecule is CCCCCCCCOc1ccc(-c2ccc(-c3cc4ccc(OCCCC)cc4oc3=O)cc2)cc1. The van der Waals surface area contributed by atoms with Gasteiger partial charge in [-0.25, -0.2) is 4.79 Å². The van der Waals surface area contributed by atoms with Crippen LogP contribution in [0, 0.1) is 0 Å². The summed E-state index contributed by atoms with van der Waals surface area (Å²) in [5.41, 5.74) is 3.78. The summed E-state index contributed by atoms with van der Waals surface area (Å²) < 4.78 is 17.3. The minimum atomic E-state index is -0.349. The van der Waals surface area contributed by atoms with Crippen molar-refractivity contribution in [3.05, 3.63) is 83.2 Å². The molecule has 1 heterocycles. The lowest BCUT2D eigenvalue weighted by Gasteiger charge is -2.09. The van der Waals surface area contributed by atoms with Gasteiger partial charge in [-0.1, -0.05) is 88.8 Å². The molecular formula is C33H38O4. The van der Waals surface area contributed by atoms with Crippen molar-refractivity contribution in [3.8, 4) is 33.8 Å². The minimum absolute atomic E-state index is 0.349. The largest absolute Gasteiger partial charge is 0.494 e. The van der Waals surface area contributed by atoms with Gasteiger partial charge in [0.1, 0.15) is 17.1 Å². The monoisotopic (exact) mass is 498 g/mol. The highest BCUT2D eigenvalue weighted by Crippen LogP contribution is 2.28. The lowest BCUT2D eigenvalue weighted by Crippen LogP contribution is -2.03. The maximum Gasteiger partial charge on any atom is 0.344 e. The summed E-state index contributed by atoms with van der Waals surface area (Å²) in [7, 11) is 0. The maximum atomic E-state index is 12.8. The molecule has 0 saturated heterocycles. The number of hydrogen-bond donors (Lipinski definition) is 0. The molecule has 0 saturated carbocycles. The zero-order valence-electron chi connectivity index (χ0n) is 22.1. The van der Waals surface area contributed by atoms with Gasteiger partial charge in [-0.2, -0.15) is 0 Å². The summed E-state index contributed by atoms with van der Waals surface area (Å²) in [5.74, 6) is 1.63. The normalized spacial score (nSPS) is 11.1. The molecule has 4 aromatic rings. The molecule has 4 heteroatoms. The standard InChI is InChI=1S/C33H38O4/c1-3-5-7-8-9-10-22-35-29-18-15-26(16-19-29)25-11-13-27(14-12-25)31-23-28-17-20-30(36-21-6-4-2)24-32(28)37-33(31)34/h11-20,23-24H,3-10,21-22H2,1-2H3. The minimum Gasteiger partial charge on any atom is -0.494 e. The first-order valence-corrected chi connectivity index (χ1v) is 13.7. The average Bonchev–Trinajstić information content (AvgIpc) is 2.93. The highest BCUT2D eigenvalue weighted by atomic mass is 16.5. The van der Waals surface area contributed by atoms with E-state index in [0.717, 1.165) is 59.4 Å². The van der Waals surface area contributed by atoms with Gasteiger partial charge in [-0.3, -0.25) is 0 Å². The lowest BCUT2D eigenvalue weighted by atomic mass is 10.0. The van der Waals surface area contributed by atoms with Gasteiger partial charge in [-0.05, 0) is 59.9 Å². The van der Waals surface area contributed by atoms with E-state index >= 15 is 0 Å². The van der Waals surface area contributed by atoms with Crippen LogP contribution < -0.4 is 15.1 Å². The van der Waals surface area contributed by atoms with Crippen LogP contribution in [0.25, 0.3) is 33.2 Å². The molecule has 194 valence electrons. The molecular weight excluding hydrogens is 460 g/mol. The number of fused-ring (bicyclic) bond motifs is 1. The molecule has 3 aromatic carbocycles. The van der Waals surface area contributed by atoms with Gasteiger partial charge in [-0.15, -0.1) is 0 Å². The van der Waals surface area contributed by atoms with Crippen molar-refractivity contribution >= 4 is 11.0 Å². The molecule has 0 amide bonds. The molecule has 37 heavy (non-hydrogen) atoms. The molecule has 0 atom stereocenters. The van der Waals surface area contributed by atoms with E-state index in [1.807, 2.05) is 54.6 Å². The van der Waals surface area contributed by atoms with Crippen molar-refractivity contribution in [2.24, 2.45) is 0 Å². The summed E-state index contributed by atoms with van der Waals surface area (Å²) >= 11 is 0. The van der Waals surface area contributed by atoms with Gasteiger partial charge in [0, 0.05) is 11.5 Å². The van der Waals surface area contributed by atoms with Gasteiger partial charge >= 0.3 is 5.63 Å². The van der Waals surface area contributed by atoms with E-state index in [2.05, 4.69) is 26.0 Å². The van der Waals surface area contributed by atoms with E-state index in [-0.39, 0.29) is 5.63 Å². The zero-order chi connectivity index (χ0) is 25.9. The Bertz CT molecular complexity index is 1300. The Morgan fingerprint density at radius 1 is 0.595 bits per heavy atom. The molecule has 0 fully saturated rings. The van der Waals surface area contributed by atoms with Crippen LogP contribution >= 0.6 is 0 Å². The molecule has 0 radical (unpaired) electrons. The van der Waals surface area contributed by atoms with Crippen molar-refractivity contribution in [1.82, 2.24) is 0 Å². The topological polar surface area (TPSA) is 48.7 Å². The second-order valence-electron chi connectivity index (χ2n) is 9.57. The Morgan fingerprint density at radius 3 is 1.89 bits per heavy atom. The highest BCUT2D eigenvalue weighted by molar-refractivity contribution is 5.83. The third kappa shape index (κ3) is 7.48. The molecule has 0 N–H and O–H groups in total.